The molecule has 14 heavy (non-hydrogen) atoms. The largest absolute Gasteiger partial charge is 0.508 e. The second-order valence-electron chi connectivity index (χ2n) is 4.00. The van der Waals surface area contributed by atoms with E-state index in [0.29, 0.717) is 11.7 Å². The van der Waals surface area contributed by atoms with Crippen LogP contribution in [0.5, 0.6) is 5.75 Å². The fourth-order valence-corrected chi connectivity index (χ4v) is 1.74. The predicted octanol–water partition coefficient (Wildman–Crippen LogP) is 3.38. The Labute approximate surface area is 85.1 Å². The monoisotopic (exact) mass is 188 g/mol. The molecule has 0 radical (unpaired) electrons. The van der Waals surface area contributed by atoms with Crippen molar-refractivity contribution in [2.75, 3.05) is 0 Å². The molecule has 1 aromatic rings. The number of rotatable bonds is 3. The number of phenolic OH excluding ortho intramolecular Hbond substituents is 1. The Morgan fingerprint density at radius 3 is 2.79 bits per heavy atom. The maximum atomic E-state index is 9.54. The number of aromatic hydroxyl groups is 1. The van der Waals surface area contributed by atoms with Crippen LogP contribution < -0.4 is 0 Å². The zero-order valence-electron chi connectivity index (χ0n) is 8.59. The second kappa shape index (κ2) is 3.49. The Kier molecular flexibility index (Phi) is 2.32. The van der Waals surface area contributed by atoms with Gasteiger partial charge >= 0.3 is 0 Å². The molecule has 1 fully saturated rings. The van der Waals surface area contributed by atoms with E-state index in [2.05, 4.69) is 19.6 Å². The van der Waals surface area contributed by atoms with E-state index in [4.69, 9.17) is 0 Å². The van der Waals surface area contributed by atoms with Crippen molar-refractivity contribution in [3.8, 4) is 5.75 Å². The van der Waals surface area contributed by atoms with Gasteiger partial charge in [0.25, 0.3) is 0 Å². The van der Waals surface area contributed by atoms with Gasteiger partial charge in [0.15, 0.2) is 0 Å². The number of hydrogen-bond donors (Lipinski definition) is 1. The molecule has 0 aliphatic heterocycles. The van der Waals surface area contributed by atoms with Crippen molar-refractivity contribution in [1.82, 2.24) is 0 Å². The van der Waals surface area contributed by atoms with Crippen LogP contribution in [0.1, 0.15) is 30.9 Å². The van der Waals surface area contributed by atoms with E-state index in [1.165, 1.54) is 24.0 Å². The van der Waals surface area contributed by atoms with Gasteiger partial charge < -0.3 is 5.11 Å². The van der Waals surface area contributed by atoms with Gasteiger partial charge in [0.1, 0.15) is 5.75 Å². The van der Waals surface area contributed by atoms with Gasteiger partial charge in [-0.05, 0) is 54.0 Å². The maximum absolute atomic E-state index is 9.54. The molecule has 0 unspecified atom stereocenters. The van der Waals surface area contributed by atoms with Crippen molar-refractivity contribution >= 4 is 5.57 Å². The fraction of sp³-hybridized carbons (Fsp3) is 0.385. The van der Waals surface area contributed by atoms with Crippen LogP contribution in [-0.2, 0) is 6.42 Å². The molecule has 0 spiro atoms. The minimum Gasteiger partial charge on any atom is -0.508 e. The number of allylic oxidation sites excluding steroid dienone is 1. The van der Waals surface area contributed by atoms with Crippen LogP contribution in [0.15, 0.2) is 24.8 Å². The van der Waals surface area contributed by atoms with E-state index in [0.717, 1.165) is 12.0 Å². The first-order valence-electron chi connectivity index (χ1n) is 5.23. The maximum Gasteiger partial charge on any atom is 0.118 e. The van der Waals surface area contributed by atoms with Gasteiger partial charge in [-0.3, -0.25) is 0 Å². The van der Waals surface area contributed by atoms with Crippen molar-refractivity contribution in [1.29, 1.82) is 0 Å². The Morgan fingerprint density at radius 1 is 1.50 bits per heavy atom. The van der Waals surface area contributed by atoms with Gasteiger partial charge in [0, 0.05) is 0 Å². The SMILES string of the molecule is C=C(c1ccc(O)c(CC)c1)C1CC1. The molecule has 1 saturated carbocycles. The molecule has 1 aromatic carbocycles. The van der Waals surface area contributed by atoms with Gasteiger partial charge in [-0.25, -0.2) is 0 Å². The third kappa shape index (κ3) is 1.67. The van der Waals surface area contributed by atoms with Gasteiger partial charge in [0.2, 0.25) is 0 Å². The van der Waals surface area contributed by atoms with Crippen molar-refractivity contribution in [2.24, 2.45) is 5.92 Å². The Morgan fingerprint density at radius 2 is 2.21 bits per heavy atom. The first-order chi connectivity index (χ1) is 6.72. The lowest BCUT2D eigenvalue weighted by atomic mass is 9.99. The molecular weight excluding hydrogens is 172 g/mol. The lowest BCUT2D eigenvalue weighted by molar-refractivity contribution is 0.469. The Bertz CT molecular complexity index is 361. The standard InChI is InChI=1S/C13H16O/c1-3-10-8-12(6-7-13(10)14)9(2)11-4-5-11/h6-8,11,14H,2-5H2,1H3. The molecule has 0 amide bonds. The van der Waals surface area contributed by atoms with Gasteiger partial charge in [0.05, 0.1) is 0 Å². The first-order valence-corrected chi connectivity index (χ1v) is 5.23. The highest BCUT2D eigenvalue weighted by molar-refractivity contribution is 5.68. The summed E-state index contributed by atoms with van der Waals surface area (Å²) in [6.45, 7) is 6.16. The summed E-state index contributed by atoms with van der Waals surface area (Å²) in [4.78, 5) is 0. The third-order valence-corrected chi connectivity index (χ3v) is 2.90. The fourth-order valence-electron chi connectivity index (χ4n) is 1.74. The van der Waals surface area contributed by atoms with Crippen LogP contribution in [0.25, 0.3) is 5.57 Å². The quantitative estimate of drug-likeness (QED) is 0.771. The molecule has 1 aliphatic rings. The summed E-state index contributed by atoms with van der Waals surface area (Å²) in [5, 5.41) is 9.54. The van der Waals surface area contributed by atoms with E-state index in [1.54, 1.807) is 6.07 Å². The Hall–Kier alpha value is -1.24. The van der Waals surface area contributed by atoms with Crippen LogP contribution in [0.4, 0.5) is 0 Å². The molecule has 1 aliphatic carbocycles. The van der Waals surface area contributed by atoms with E-state index >= 15 is 0 Å². The molecule has 0 atom stereocenters. The second-order valence-corrected chi connectivity index (χ2v) is 4.00. The molecule has 0 heterocycles. The normalized spacial score (nSPS) is 15.5. The molecule has 0 bridgehead atoms. The van der Waals surface area contributed by atoms with Crippen molar-refractivity contribution in [3.05, 3.63) is 35.9 Å². The Balaban J connectivity index is 2.29. The van der Waals surface area contributed by atoms with Crippen molar-refractivity contribution in [3.63, 3.8) is 0 Å². The smallest absolute Gasteiger partial charge is 0.118 e. The highest BCUT2D eigenvalue weighted by Crippen LogP contribution is 2.41. The van der Waals surface area contributed by atoms with Crippen molar-refractivity contribution < 1.29 is 5.11 Å². The number of benzene rings is 1. The topological polar surface area (TPSA) is 20.2 Å². The van der Waals surface area contributed by atoms with E-state index in [1.807, 2.05) is 6.07 Å². The molecular formula is C13H16O. The minimum absolute atomic E-state index is 0.403. The zero-order chi connectivity index (χ0) is 10.1. The minimum atomic E-state index is 0.403. The third-order valence-electron chi connectivity index (χ3n) is 2.90. The summed E-state index contributed by atoms with van der Waals surface area (Å²) < 4.78 is 0. The zero-order valence-corrected chi connectivity index (χ0v) is 8.59. The van der Waals surface area contributed by atoms with Crippen LogP contribution in [0, 0.1) is 5.92 Å². The summed E-state index contributed by atoms with van der Waals surface area (Å²) in [7, 11) is 0. The van der Waals surface area contributed by atoms with Gasteiger partial charge in [-0.1, -0.05) is 19.6 Å². The van der Waals surface area contributed by atoms with Gasteiger partial charge in [-0.15, -0.1) is 0 Å². The number of aryl methyl sites for hydroxylation is 1. The van der Waals surface area contributed by atoms with Gasteiger partial charge in [-0.2, -0.15) is 0 Å². The molecule has 1 nitrogen and oxygen atoms in total. The summed E-state index contributed by atoms with van der Waals surface area (Å²) in [5.74, 6) is 1.10. The molecule has 0 aromatic heterocycles. The van der Waals surface area contributed by atoms with Crippen LogP contribution in [0.3, 0.4) is 0 Å². The summed E-state index contributed by atoms with van der Waals surface area (Å²) in [5.41, 5.74) is 3.45. The van der Waals surface area contributed by atoms with Crippen LogP contribution in [-0.4, -0.2) is 5.11 Å². The van der Waals surface area contributed by atoms with E-state index in [9.17, 15) is 5.11 Å². The first kappa shape index (κ1) is 9.32. The predicted molar refractivity (Wildman–Crippen MR) is 59.2 cm³/mol. The lowest BCUT2D eigenvalue weighted by Crippen LogP contribution is -1.88. The highest BCUT2D eigenvalue weighted by atomic mass is 16.3. The molecule has 1 heteroatoms. The number of hydrogen-bond acceptors (Lipinski definition) is 1. The average Bonchev–Trinajstić information content (AvgIpc) is 3.01. The van der Waals surface area contributed by atoms with Crippen LogP contribution >= 0.6 is 0 Å². The van der Waals surface area contributed by atoms with Crippen molar-refractivity contribution in [2.45, 2.75) is 26.2 Å². The number of phenols is 1. The summed E-state index contributed by atoms with van der Waals surface area (Å²) in [6, 6.07) is 5.81. The molecule has 2 rings (SSSR count). The molecule has 74 valence electrons. The summed E-state index contributed by atoms with van der Waals surface area (Å²) >= 11 is 0. The highest BCUT2D eigenvalue weighted by Gasteiger charge is 2.25. The van der Waals surface area contributed by atoms with E-state index in [-0.39, 0.29) is 0 Å². The molecule has 0 saturated heterocycles. The summed E-state index contributed by atoms with van der Waals surface area (Å²) in [6.07, 6.45) is 3.43. The lowest BCUT2D eigenvalue weighted by Gasteiger charge is -2.07. The average molecular weight is 188 g/mol. The van der Waals surface area contributed by atoms with Crippen LogP contribution in [0.2, 0.25) is 0 Å². The van der Waals surface area contributed by atoms with E-state index < -0.39 is 0 Å². The molecule has 1 N–H and O–H groups in total.